The zero-order chi connectivity index (χ0) is 11.8. The maximum Gasteiger partial charge on any atom is 0.0122 e. The summed E-state index contributed by atoms with van der Waals surface area (Å²) >= 11 is 0. The Morgan fingerprint density at radius 3 is 2.53 bits per heavy atom. The van der Waals surface area contributed by atoms with Crippen LogP contribution in [-0.2, 0) is 0 Å². The van der Waals surface area contributed by atoms with Crippen LogP contribution in [0.5, 0.6) is 0 Å². The molecule has 0 spiro atoms. The summed E-state index contributed by atoms with van der Waals surface area (Å²) in [6, 6.07) is 2.15. The first-order valence-electron chi connectivity index (χ1n) is 7.47. The Labute approximate surface area is 105 Å². The molecule has 2 N–H and O–H groups in total. The smallest absolute Gasteiger partial charge is 0.0122 e. The van der Waals surface area contributed by atoms with Crippen LogP contribution in [-0.4, -0.2) is 54.1 Å². The largest absolute Gasteiger partial charge is 0.328 e. The minimum Gasteiger partial charge on any atom is -0.328 e. The van der Waals surface area contributed by atoms with E-state index in [1.54, 1.807) is 0 Å². The molecule has 3 aliphatic heterocycles. The minimum absolute atomic E-state index is 0.381. The van der Waals surface area contributed by atoms with Crippen LogP contribution in [0.1, 0.15) is 39.0 Å². The Morgan fingerprint density at radius 2 is 1.76 bits per heavy atom. The minimum atomic E-state index is 0.381. The van der Waals surface area contributed by atoms with Crippen molar-refractivity contribution >= 4 is 0 Å². The van der Waals surface area contributed by atoms with E-state index in [0.29, 0.717) is 6.04 Å². The molecule has 4 unspecified atom stereocenters. The SMILES string of the molecule is CC(N)C1CCN(C2CCN3CCCC3C2)C1. The number of hydrogen-bond acceptors (Lipinski definition) is 3. The van der Waals surface area contributed by atoms with Crippen molar-refractivity contribution in [1.82, 2.24) is 9.80 Å². The molecule has 0 aromatic rings. The van der Waals surface area contributed by atoms with E-state index in [9.17, 15) is 0 Å². The van der Waals surface area contributed by atoms with Crippen molar-refractivity contribution in [2.75, 3.05) is 26.2 Å². The van der Waals surface area contributed by atoms with E-state index >= 15 is 0 Å². The van der Waals surface area contributed by atoms with Crippen LogP contribution < -0.4 is 5.73 Å². The molecule has 0 bridgehead atoms. The summed E-state index contributed by atoms with van der Waals surface area (Å²) < 4.78 is 0. The summed E-state index contributed by atoms with van der Waals surface area (Å²) in [5.41, 5.74) is 6.04. The fraction of sp³-hybridized carbons (Fsp3) is 1.00. The lowest BCUT2D eigenvalue weighted by Gasteiger charge is -2.39. The number of fused-ring (bicyclic) bond motifs is 1. The molecule has 3 saturated heterocycles. The van der Waals surface area contributed by atoms with Crippen LogP contribution in [0.3, 0.4) is 0 Å². The monoisotopic (exact) mass is 237 g/mol. The van der Waals surface area contributed by atoms with E-state index in [4.69, 9.17) is 5.73 Å². The van der Waals surface area contributed by atoms with Crippen LogP contribution in [0.2, 0.25) is 0 Å². The van der Waals surface area contributed by atoms with Crippen molar-refractivity contribution in [2.45, 2.75) is 57.2 Å². The van der Waals surface area contributed by atoms with Gasteiger partial charge in [0.05, 0.1) is 0 Å². The molecule has 98 valence electrons. The fourth-order valence-corrected chi connectivity index (χ4v) is 4.11. The number of nitrogens with two attached hydrogens (primary N) is 1. The summed E-state index contributed by atoms with van der Waals surface area (Å²) in [5.74, 6) is 0.747. The molecular formula is C14H27N3. The van der Waals surface area contributed by atoms with Gasteiger partial charge in [0.15, 0.2) is 0 Å². The third-order valence-corrected chi connectivity index (χ3v) is 5.31. The summed E-state index contributed by atoms with van der Waals surface area (Å²) in [5, 5.41) is 0. The molecule has 17 heavy (non-hydrogen) atoms. The van der Waals surface area contributed by atoms with E-state index in [-0.39, 0.29) is 0 Å². The van der Waals surface area contributed by atoms with E-state index < -0.39 is 0 Å². The van der Waals surface area contributed by atoms with Crippen LogP contribution in [0.25, 0.3) is 0 Å². The van der Waals surface area contributed by atoms with Crippen LogP contribution >= 0.6 is 0 Å². The molecule has 0 aromatic carbocycles. The molecule has 0 saturated carbocycles. The second-order valence-corrected chi connectivity index (χ2v) is 6.41. The highest BCUT2D eigenvalue weighted by Crippen LogP contribution is 2.32. The third kappa shape index (κ3) is 2.38. The summed E-state index contributed by atoms with van der Waals surface area (Å²) in [6.07, 6.45) is 7.01. The van der Waals surface area contributed by atoms with Crippen molar-refractivity contribution in [2.24, 2.45) is 11.7 Å². The highest BCUT2D eigenvalue weighted by atomic mass is 15.2. The second-order valence-electron chi connectivity index (χ2n) is 6.41. The molecule has 3 fully saturated rings. The summed E-state index contributed by atoms with van der Waals surface area (Å²) in [7, 11) is 0. The second kappa shape index (κ2) is 4.87. The molecule has 3 heterocycles. The van der Waals surface area contributed by atoms with E-state index in [1.165, 1.54) is 58.3 Å². The van der Waals surface area contributed by atoms with Crippen molar-refractivity contribution in [1.29, 1.82) is 0 Å². The molecule has 3 rings (SSSR count). The normalized spacial score (nSPS) is 41.6. The van der Waals surface area contributed by atoms with Gasteiger partial charge in [0.2, 0.25) is 0 Å². The Kier molecular flexibility index (Phi) is 3.42. The average molecular weight is 237 g/mol. The van der Waals surface area contributed by atoms with Gasteiger partial charge in [-0.05, 0) is 64.6 Å². The first-order chi connectivity index (χ1) is 8.24. The van der Waals surface area contributed by atoms with Gasteiger partial charge in [-0.3, -0.25) is 4.90 Å². The van der Waals surface area contributed by atoms with Gasteiger partial charge in [-0.25, -0.2) is 0 Å². The molecule has 0 aromatic heterocycles. The van der Waals surface area contributed by atoms with Crippen molar-refractivity contribution in [3.63, 3.8) is 0 Å². The van der Waals surface area contributed by atoms with Gasteiger partial charge in [0.1, 0.15) is 0 Å². The number of hydrogen-bond donors (Lipinski definition) is 1. The van der Waals surface area contributed by atoms with E-state index in [2.05, 4.69) is 16.7 Å². The summed E-state index contributed by atoms with van der Waals surface area (Å²) in [4.78, 5) is 5.46. The molecular weight excluding hydrogens is 210 g/mol. The first-order valence-corrected chi connectivity index (χ1v) is 7.47. The Bertz CT molecular complexity index is 266. The molecule has 4 atom stereocenters. The first kappa shape index (κ1) is 11.9. The van der Waals surface area contributed by atoms with Gasteiger partial charge in [0.25, 0.3) is 0 Å². The van der Waals surface area contributed by atoms with E-state index in [1.807, 2.05) is 0 Å². The lowest BCUT2D eigenvalue weighted by Crippen LogP contribution is -2.47. The van der Waals surface area contributed by atoms with Gasteiger partial charge in [-0.1, -0.05) is 0 Å². The molecule has 3 heteroatoms. The number of likely N-dealkylation sites (tertiary alicyclic amines) is 1. The van der Waals surface area contributed by atoms with Crippen LogP contribution in [0, 0.1) is 5.92 Å². The lowest BCUT2D eigenvalue weighted by molar-refractivity contribution is 0.100. The zero-order valence-corrected chi connectivity index (χ0v) is 11.1. The molecule has 3 aliphatic rings. The van der Waals surface area contributed by atoms with Crippen molar-refractivity contribution < 1.29 is 0 Å². The highest BCUT2D eigenvalue weighted by Gasteiger charge is 2.36. The van der Waals surface area contributed by atoms with Crippen molar-refractivity contribution in [3.8, 4) is 0 Å². The molecule has 0 aliphatic carbocycles. The average Bonchev–Trinajstić information content (AvgIpc) is 2.97. The summed E-state index contributed by atoms with van der Waals surface area (Å²) in [6.45, 7) is 7.43. The molecule has 3 nitrogen and oxygen atoms in total. The van der Waals surface area contributed by atoms with Gasteiger partial charge < -0.3 is 10.6 Å². The highest BCUT2D eigenvalue weighted by molar-refractivity contribution is 4.93. The maximum atomic E-state index is 6.04. The quantitative estimate of drug-likeness (QED) is 0.785. The zero-order valence-electron chi connectivity index (χ0n) is 11.1. The van der Waals surface area contributed by atoms with Gasteiger partial charge >= 0.3 is 0 Å². The fourth-order valence-electron chi connectivity index (χ4n) is 4.11. The number of nitrogens with zero attached hydrogens (tertiary/aromatic N) is 2. The Hall–Kier alpha value is -0.120. The topological polar surface area (TPSA) is 32.5 Å². The molecule has 0 amide bonds. The number of piperidine rings is 1. The Balaban J connectivity index is 1.55. The number of rotatable bonds is 2. The maximum absolute atomic E-state index is 6.04. The third-order valence-electron chi connectivity index (χ3n) is 5.31. The van der Waals surface area contributed by atoms with Crippen LogP contribution in [0.15, 0.2) is 0 Å². The van der Waals surface area contributed by atoms with Gasteiger partial charge in [0, 0.05) is 24.7 Å². The standard InChI is InChI=1S/C14H27N3/c1-11(15)12-4-7-17(10-12)14-5-8-16-6-2-3-13(16)9-14/h11-14H,2-10,15H2,1H3. The Morgan fingerprint density at radius 1 is 1.00 bits per heavy atom. The van der Waals surface area contributed by atoms with Gasteiger partial charge in [-0.15, -0.1) is 0 Å². The predicted octanol–water partition coefficient (Wildman–Crippen LogP) is 1.28. The van der Waals surface area contributed by atoms with Crippen molar-refractivity contribution in [3.05, 3.63) is 0 Å². The predicted molar refractivity (Wildman–Crippen MR) is 70.9 cm³/mol. The van der Waals surface area contributed by atoms with E-state index in [0.717, 1.165) is 18.0 Å². The van der Waals surface area contributed by atoms with Crippen LogP contribution in [0.4, 0.5) is 0 Å². The molecule has 0 radical (unpaired) electrons. The lowest BCUT2D eigenvalue weighted by atomic mass is 9.96. The van der Waals surface area contributed by atoms with Gasteiger partial charge in [-0.2, -0.15) is 0 Å².